The largest absolute Gasteiger partial charge is 0.501 e. The van der Waals surface area contributed by atoms with Crippen molar-refractivity contribution in [1.29, 1.82) is 0 Å². The fourth-order valence-corrected chi connectivity index (χ4v) is 14.0. The topological polar surface area (TPSA) is 152 Å². The maximum absolute atomic E-state index is 14.3. The number of amides is 2. The SMILES string of the molecule is CC(C)(C)OC(=O)N1CCN(C[C@]2(C)CCC(c3ccc(Cl)cc3)=C(CN3CCN(c4ccc(C(=O)NS(=O)(=O)c5ccc(N[C@H](CCN6CCCC(F)(F)C6)CSc6ccccc6)c(S(=O)(=O)C(F)(F)F)c5)cc4)CC3)C2)CC1. The van der Waals surface area contributed by atoms with Gasteiger partial charge in [-0.25, -0.2) is 35.1 Å². The van der Waals surface area contributed by atoms with Crippen LogP contribution in [0.25, 0.3) is 5.57 Å². The Labute approximate surface area is 476 Å². The summed E-state index contributed by atoms with van der Waals surface area (Å²) in [5.74, 6) is -3.79. The van der Waals surface area contributed by atoms with Crippen molar-refractivity contribution in [3.05, 3.63) is 119 Å². The molecule has 1 aliphatic carbocycles. The molecule has 4 aliphatic rings. The summed E-state index contributed by atoms with van der Waals surface area (Å²) >= 11 is 7.63. The highest BCUT2D eigenvalue weighted by atomic mass is 35.5. The molecule has 0 radical (unpaired) electrons. The number of hydrogen-bond acceptors (Lipinski definition) is 13. The Morgan fingerprint density at radius 3 is 2.10 bits per heavy atom. The van der Waals surface area contributed by atoms with E-state index in [4.69, 9.17) is 16.3 Å². The molecule has 3 aliphatic heterocycles. The highest BCUT2D eigenvalue weighted by Crippen LogP contribution is 2.44. The van der Waals surface area contributed by atoms with E-state index in [-0.39, 0.29) is 48.6 Å². The maximum Gasteiger partial charge on any atom is 0.501 e. The molecule has 2 amide bonds. The van der Waals surface area contributed by atoms with Crippen molar-refractivity contribution in [3.63, 3.8) is 0 Å². The fraction of sp³-hybridized carbons (Fsp3) is 0.509. The zero-order valence-electron chi connectivity index (χ0n) is 45.5. The average molecular weight is 1190 g/mol. The number of thioether (sulfide) groups is 1. The van der Waals surface area contributed by atoms with E-state index in [1.165, 1.54) is 35.0 Å². The first-order chi connectivity index (χ1) is 37.6. The van der Waals surface area contributed by atoms with E-state index in [0.29, 0.717) is 43.8 Å². The van der Waals surface area contributed by atoms with Crippen molar-refractivity contribution in [3.8, 4) is 0 Å². The second kappa shape index (κ2) is 25.3. The first-order valence-electron chi connectivity index (χ1n) is 27.0. The number of piperidine rings is 1. The van der Waals surface area contributed by atoms with Crippen molar-refractivity contribution in [2.45, 2.75) is 104 Å². The Morgan fingerprint density at radius 2 is 1.46 bits per heavy atom. The van der Waals surface area contributed by atoms with Crippen LogP contribution in [-0.4, -0.2) is 162 Å². The van der Waals surface area contributed by atoms with E-state index >= 15 is 0 Å². The zero-order valence-corrected chi connectivity index (χ0v) is 48.7. The van der Waals surface area contributed by atoms with Crippen molar-refractivity contribution >= 4 is 72.2 Å². The Morgan fingerprint density at radius 1 is 0.800 bits per heavy atom. The lowest BCUT2D eigenvalue weighted by Crippen LogP contribution is -2.52. The van der Waals surface area contributed by atoms with E-state index in [1.54, 1.807) is 40.1 Å². The minimum atomic E-state index is -6.18. The van der Waals surface area contributed by atoms with Crippen LogP contribution in [0.15, 0.2) is 117 Å². The van der Waals surface area contributed by atoms with E-state index in [2.05, 4.69) is 39.1 Å². The summed E-state index contributed by atoms with van der Waals surface area (Å²) in [6.45, 7) is 15.3. The second-order valence-electron chi connectivity index (χ2n) is 22.7. The molecule has 2 N–H and O–H groups in total. The van der Waals surface area contributed by atoms with Gasteiger partial charge >= 0.3 is 11.6 Å². The predicted octanol–water partition coefficient (Wildman–Crippen LogP) is 10.8. The van der Waals surface area contributed by atoms with Gasteiger partial charge in [0.05, 0.1) is 17.1 Å². The molecular formula is C57H71ClF5N7O7S3. The van der Waals surface area contributed by atoms with Gasteiger partial charge in [-0.1, -0.05) is 54.4 Å². The number of anilines is 2. The van der Waals surface area contributed by atoms with Crippen LogP contribution in [0.5, 0.6) is 0 Å². The standard InChI is InChI=1S/C57H71ClF5N7O7S3/c1-54(2,3)77-53(72)70-33-29-68(30-34-70)39-55(4)24-21-49(41-11-15-44(58)16-12-41)43(36-55)37-66-27-31-69(32-28-66)46-17-13-42(14-18-46)52(71)65-80(75,76)48-19-20-50(51(35-48)79(73,74)57(61,62)63)64-45(38-78-47-9-6-5-7-10-47)22-26-67-25-8-23-56(59,60)40-67/h5-7,9-20,35,45,64H,8,21-34,36-40H2,1-4H3,(H,65,71)/t45-,55-/m1/s1. The predicted molar refractivity (Wildman–Crippen MR) is 304 cm³/mol. The number of rotatable bonds is 18. The molecule has 0 bridgehead atoms. The molecule has 2 atom stereocenters. The van der Waals surface area contributed by atoms with Gasteiger partial charge in [-0.3, -0.25) is 19.5 Å². The Hall–Kier alpha value is -4.97. The summed E-state index contributed by atoms with van der Waals surface area (Å²) < 4.78 is 133. The number of nitrogens with one attached hydrogen (secondary N) is 2. The number of nitrogens with zero attached hydrogens (tertiary/aromatic N) is 5. The molecule has 0 aromatic heterocycles. The Bertz CT molecular complexity index is 3060. The molecular weight excluding hydrogens is 1120 g/mol. The summed E-state index contributed by atoms with van der Waals surface area (Å²) in [5.41, 5.74) is -2.29. The average Bonchev–Trinajstić information content (AvgIpc) is 3.55. The van der Waals surface area contributed by atoms with Crippen molar-refractivity contribution < 1.29 is 53.1 Å². The van der Waals surface area contributed by atoms with Crippen LogP contribution in [0.2, 0.25) is 5.02 Å². The summed E-state index contributed by atoms with van der Waals surface area (Å²) in [7, 11) is -11.1. The summed E-state index contributed by atoms with van der Waals surface area (Å²) in [6, 6.07) is 24.7. The Kier molecular flexibility index (Phi) is 19.3. The van der Waals surface area contributed by atoms with E-state index < -0.39 is 70.9 Å². The Balaban J connectivity index is 0.905. The molecule has 80 heavy (non-hydrogen) atoms. The monoisotopic (exact) mass is 1190 g/mol. The molecule has 0 spiro atoms. The number of alkyl halides is 5. The number of carbonyl (C=O) groups excluding carboxylic acids is 2. The van der Waals surface area contributed by atoms with Crippen molar-refractivity contribution in [2.75, 3.05) is 101 Å². The van der Waals surface area contributed by atoms with Gasteiger partial charge in [-0.15, -0.1) is 11.8 Å². The number of benzene rings is 4. The van der Waals surface area contributed by atoms with Crippen LogP contribution in [0.1, 0.15) is 82.1 Å². The molecule has 436 valence electrons. The molecule has 3 saturated heterocycles. The van der Waals surface area contributed by atoms with Gasteiger partial charge in [0.25, 0.3) is 31.7 Å². The number of piperazine rings is 2. The lowest BCUT2D eigenvalue weighted by Gasteiger charge is -2.44. The molecule has 8 rings (SSSR count). The van der Waals surface area contributed by atoms with Crippen molar-refractivity contribution in [1.82, 2.24) is 24.3 Å². The minimum absolute atomic E-state index is 0.0152. The van der Waals surface area contributed by atoms with Gasteiger partial charge in [-0.05, 0) is 143 Å². The molecule has 4 aromatic rings. The van der Waals surface area contributed by atoms with Gasteiger partial charge in [0.2, 0.25) is 0 Å². The van der Waals surface area contributed by atoms with E-state index in [1.807, 2.05) is 49.8 Å². The summed E-state index contributed by atoms with van der Waals surface area (Å²) in [4.78, 5) is 35.2. The number of carbonyl (C=O) groups is 2. The molecule has 14 nitrogen and oxygen atoms in total. The molecule has 23 heteroatoms. The lowest BCUT2D eigenvalue weighted by atomic mass is 9.71. The van der Waals surface area contributed by atoms with Crippen molar-refractivity contribution in [2.24, 2.45) is 5.41 Å². The van der Waals surface area contributed by atoms with Gasteiger partial charge < -0.3 is 19.9 Å². The summed E-state index contributed by atoms with van der Waals surface area (Å²) in [5, 5.41) is 3.54. The maximum atomic E-state index is 14.3. The van der Waals surface area contributed by atoms with Gasteiger partial charge in [0.1, 0.15) is 10.5 Å². The second-order valence-corrected chi connectivity index (χ2v) is 27.8. The van der Waals surface area contributed by atoms with E-state index in [0.717, 1.165) is 86.8 Å². The van der Waals surface area contributed by atoms with Crippen LogP contribution >= 0.6 is 23.4 Å². The van der Waals surface area contributed by atoms with Crippen LogP contribution in [0.4, 0.5) is 38.1 Å². The van der Waals surface area contributed by atoms with E-state index in [9.17, 15) is 48.4 Å². The first-order valence-corrected chi connectivity index (χ1v) is 31.3. The minimum Gasteiger partial charge on any atom is -0.444 e. The third kappa shape index (κ3) is 16.2. The number of likely N-dealkylation sites (tertiary alicyclic amines) is 1. The van der Waals surface area contributed by atoms with Crippen LogP contribution < -0.4 is 14.9 Å². The fourth-order valence-electron chi connectivity index (χ4n) is 10.9. The first kappa shape index (κ1) is 61.1. The van der Waals surface area contributed by atoms with Gasteiger partial charge in [0.15, 0.2) is 0 Å². The smallest absolute Gasteiger partial charge is 0.444 e. The highest BCUT2D eigenvalue weighted by Gasteiger charge is 2.49. The summed E-state index contributed by atoms with van der Waals surface area (Å²) in [6.07, 6.45) is 2.70. The van der Waals surface area contributed by atoms with Gasteiger partial charge in [0, 0.05) is 111 Å². The molecule has 0 unspecified atom stereocenters. The van der Waals surface area contributed by atoms with Crippen LogP contribution in [0, 0.1) is 5.41 Å². The number of allylic oxidation sites excluding steroid dienone is 1. The van der Waals surface area contributed by atoms with Crippen LogP contribution in [-0.2, 0) is 24.6 Å². The quantitative estimate of drug-likeness (QED) is 0.0719. The molecule has 3 fully saturated rings. The number of sulfone groups is 1. The third-order valence-electron chi connectivity index (χ3n) is 15.1. The number of sulfonamides is 1. The number of hydrogen-bond donors (Lipinski definition) is 2. The molecule has 4 aromatic carbocycles. The number of ether oxygens (including phenoxy) is 1. The zero-order chi connectivity index (χ0) is 57.7. The highest BCUT2D eigenvalue weighted by molar-refractivity contribution is 7.99. The normalized spacial score (nSPS) is 20.6. The molecule has 3 heterocycles. The molecule has 0 saturated carbocycles. The number of halogens is 6. The lowest BCUT2D eigenvalue weighted by molar-refractivity contribution is -0.0641. The third-order valence-corrected chi connectivity index (χ3v) is 19.3. The van der Waals surface area contributed by atoms with Gasteiger partial charge in [-0.2, -0.15) is 13.2 Å². The van der Waals surface area contributed by atoms with Crippen LogP contribution in [0.3, 0.4) is 0 Å².